The van der Waals surface area contributed by atoms with Crippen LogP contribution in [0.15, 0.2) is 10.6 Å². The molecule has 0 aromatic carbocycles. The Bertz CT molecular complexity index is 276. The molecule has 0 radical (unpaired) electrons. The van der Waals surface area contributed by atoms with Gasteiger partial charge in [-0.15, -0.1) is 0 Å². The van der Waals surface area contributed by atoms with Gasteiger partial charge in [0.15, 0.2) is 5.76 Å². The summed E-state index contributed by atoms with van der Waals surface area (Å²) >= 11 is 0. The molecule has 4 nitrogen and oxygen atoms in total. The molecule has 80 valence electrons. The van der Waals surface area contributed by atoms with Crippen LogP contribution in [0.3, 0.4) is 0 Å². The molecular formula is C10H18N2O2. The van der Waals surface area contributed by atoms with Crippen LogP contribution in [0.4, 0.5) is 0 Å². The van der Waals surface area contributed by atoms with E-state index in [1.807, 2.05) is 33.9 Å². The monoisotopic (exact) mass is 198 g/mol. The fourth-order valence-electron chi connectivity index (χ4n) is 0.976. The van der Waals surface area contributed by atoms with Crippen LogP contribution in [0.25, 0.3) is 0 Å². The van der Waals surface area contributed by atoms with E-state index in [1.54, 1.807) is 0 Å². The van der Waals surface area contributed by atoms with E-state index in [9.17, 15) is 0 Å². The van der Waals surface area contributed by atoms with Gasteiger partial charge in [-0.05, 0) is 27.8 Å². The molecule has 0 aliphatic rings. The van der Waals surface area contributed by atoms with E-state index in [4.69, 9.17) is 9.26 Å². The molecule has 0 unspecified atom stereocenters. The molecule has 1 aromatic heterocycles. The van der Waals surface area contributed by atoms with Crippen LogP contribution in [0, 0.1) is 0 Å². The topological polar surface area (TPSA) is 47.3 Å². The molecule has 14 heavy (non-hydrogen) atoms. The van der Waals surface area contributed by atoms with Crippen LogP contribution in [-0.2, 0) is 17.9 Å². The van der Waals surface area contributed by atoms with E-state index in [1.165, 1.54) is 0 Å². The number of nitrogens with one attached hydrogen (secondary N) is 1. The Hall–Kier alpha value is -0.870. The Morgan fingerprint density at radius 1 is 1.50 bits per heavy atom. The highest BCUT2D eigenvalue weighted by molar-refractivity contribution is 5.04. The quantitative estimate of drug-likeness (QED) is 0.800. The number of hydrogen-bond acceptors (Lipinski definition) is 4. The number of hydrogen-bond donors (Lipinski definition) is 1. The number of nitrogens with zero attached hydrogens (tertiary/aromatic N) is 1. The van der Waals surface area contributed by atoms with Gasteiger partial charge in [-0.2, -0.15) is 0 Å². The highest BCUT2D eigenvalue weighted by atomic mass is 16.5. The number of aromatic nitrogens is 1. The van der Waals surface area contributed by atoms with Gasteiger partial charge in [0, 0.05) is 12.6 Å². The summed E-state index contributed by atoms with van der Waals surface area (Å²) in [6.07, 6.45) is 0. The molecule has 0 atom stereocenters. The van der Waals surface area contributed by atoms with Crippen LogP contribution in [-0.4, -0.2) is 17.8 Å². The maximum atomic E-state index is 5.55. The third-order valence-corrected chi connectivity index (χ3v) is 1.61. The van der Waals surface area contributed by atoms with Gasteiger partial charge in [0.1, 0.15) is 6.61 Å². The predicted octanol–water partition coefficient (Wildman–Crippen LogP) is 1.71. The Kier molecular flexibility index (Phi) is 3.66. The minimum absolute atomic E-state index is 0.143. The molecule has 0 saturated heterocycles. The molecule has 0 saturated carbocycles. The van der Waals surface area contributed by atoms with Gasteiger partial charge in [-0.3, -0.25) is 0 Å². The van der Waals surface area contributed by atoms with E-state index in [2.05, 4.69) is 10.5 Å². The van der Waals surface area contributed by atoms with Gasteiger partial charge in [0.25, 0.3) is 0 Å². The van der Waals surface area contributed by atoms with Crippen LogP contribution in [0.2, 0.25) is 0 Å². The van der Waals surface area contributed by atoms with Crippen molar-refractivity contribution in [1.82, 2.24) is 10.5 Å². The first-order chi connectivity index (χ1) is 6.51. The lowest BCUT2D eigenvalue weighted by Crippen LogP contribution is -2.18. The summed E-state index contributed by atoms with van der Waals surface area (Å²) in [6.45, 7) is 7.23. The summed E-state index contributed by atoms with van der Waals surface area (Å²) in [5, 5.41) is 6.90. The van der Waals surface area contributed by atoms with Gasteiger partial charge in [0.05, 0.1) is 11.3 Å². The zero-order valence-corrected chi connectivity index (χ0v) is 9.26. The maximum Gasteiger partial charge on any atom is 0.162 e. The predicted molar refractivity (Wildman–Crippen MR) is 53.8 cm³/mol. The number of rotatable bonds is 4. The van der Waals surface area contributed by atoms with Crippen molar-refractivity contribution in [2.75, 3.05) is 7.05 Å². The lowest BCUT2D eigenvalue weighted by molar-refractivity contribution is -0.0241. The Balaban J connectivity index is 2.44. The first kappa shape index (κ1) is 11.2. The van der Waals surface area contributed by atoms with Gasteiger partial charge in [-0.1, -0.05) is 5.16 Å². The van der Waals surface area contributed by atoms with Crippen molar-refractivity contribution in [3.63, 3.8) is 0 Å². The van der Waals surface area contributed by atoms with Crippen molar-refractivity contribution in [2.24, 2.45) is 0 Å². The second-order valence-corrected chi connectivity index (χ2v) is 4.22. The first-order valence-corrected chi connectivity index (χ1v) is 4.74. The molecule has 1 heterocycles. The molecule has 1 aromatic rings. The van der Waals surface area contributed by atoms with E-state index in [0.717, 1.165) is 18.0 Å². The average Bonchev–Trinajstić information content (AvgIpc) is 2.49. The van der Waals surface area contributed by atoms with Crippen LogP contribution in [0.1, 0.15) is 32.2 Å². The lowest BCUT2D eigenvalue weighted by Gasteiger charge is -2.17. The Labute approximate surface area is 84.6 Å². The van der Waals surface area contributed by atoms with Gasteiger partial charge in [-0.25, -0.2) is 0 Å². The molecule has 1 N–H and O–H groups in total. The van der Waals surface area contributed by atoms with Crippen molar-refractivity contribution < 1.29 is 9.26 Å². The summed E-state index contributed by atoms with van der Waals surface area (Å²) in [5.41, 5.74) is 0.760. The van der Waals surface area contributed by atoms with E-state index >= 15 is 0 Å². The standard InChI is InChI=1S/C10H18N2O2/c1-10(2,3)13-7-9-5-8(6-11-4)12-14-9/h5,11H,6-7H2,1-4H3. The Morgan fingerprint density at radius 3 is 2.79 bits per heavy atom. The second kappa shape index (κ2) is 4.57. The molecule has 1 rings (SSSR count). The molecule has 0 aliphatic carbocycles. The molecule has 0 bridgehead atoms. The molecule has 0 fully saturated rings. The first-order valence-electron chi connectivity index (χ1n) is 4.74. The maximum absolute atomic E-state index is 5.55. The summed E-state index contributed by atoms with van der Waals surface area (Å²) in [5.74, 6) is 0.769. The highest BCUT2D eigenvalue weighted by Gasteiger charge is 2.12. The smallest absolute Gasteiger partial charge is 0.162 e. The van der Waals surface area contributed by atoms with Gasteiger partial charge < -0.3 is 14.6 Å². The largest absolute Gasteiger partial charge is 0.368 e. The van der Waals surface area contributed by atoms with Gasteiger partial charge in [0.2, 0.25) is 0 Å². The van der Waals surface area contributed by atoms with Crippen molar-refractivity contribution in [3.05, 3.63) is 17.5 Å². The molecule has 4 heteroatoms. The van der Waals surface area contributed by atoms with E-state index in [0.29, 0.717) is 6.61 Å². The molecule has 0 amide bonds. The molecule has 0 aliphatic heterocycles. The molecule has 0 spiro atoms. The van der Waals surface area contributed by atoms with Gasteiger partial charge >= 0.3 is 0 Å². The van der Waals surface area contributed by atoms with Crippen molar-refractivity contribution >= 4 is 0 Å². The summed E-state index contributed by atoms with van der Waals surface area (Å²) in [6, 6.07) is 1.90. The van der Waals surface area contributed by atoms with Crippen molar-refractivity contribution in [2.45, 2.75) is 39.5 Å². The SMILES string of the molecule is CNCc1cc(COC(C)(C)C)on1. The van der Waals surface area contributed by atoms with Crippen molar-refractivity contribution in [3.8, 4) is 0 Å². The number of ether oxygens (including phenoxy) is 1. The Morgan fingerprint density at radius 2 is 2.21 bits per heavy atom. The van der Waals surface area contributed by atoms with E-state index < -0.39 is 0 Å². The minimum atomic E-state index is -0.143. The summed E-state index contributed by atoms with van der Waals surface area (Å²) in [4.78, 5) is 0. The zero-order valence-electron chi connectivity index (χ0n) is 9.26. The van der Waals surface area contributed by atoms with E-state index in [-0.39, 0.29) is 5.60 Å². The highest BCUT2D eigenvalue weighted by Crippen LogP contribution is 2.12. The third-order valence-electron chi connectivity index (χ3n) is 1.61. The minimum Gasteiger partial charge on any atom is -0.368 e. The van der Waals surface area contributed by atoms with Crippen LogP contribution < -0.4 is 5.32 Å². The summed E-state index contributed by atoms with van der Waals surface area (Å²) in [7, 11) is 1.88. The zero-order chi connectivity index (χ0) is 10.6. The van der Waals surface area contributed by atoms with Crippen molar-refractivity contribution in [1.29, 1.82) is 0 Å². The second-order valence-electron chi connectivity index (χ2n) is 4.22. The fraction of sp³-hybridized carbons (Fsp3) is 0.700. The average molecular weight is 198 g/mol. The normalized spacial score (nSPS) is 12.0. The lowest BCUT2D eigenvalue weighted by atomic mass is 10.2. The van der Waals surface area contributed by atoms with Crippen LogP contribution >= 0.6 is 0 Å². The molecular weight excluding hydrogens is 180 g/mol. The van der Waals surface area contributed by atoms with Crippen LogP contribution in [0.5, 0.6) is 0 Å². The summed E-state index contributed by atoms with van der Waals surface area (Å²) < 4.78 is 10.7. The fourth-order valence-corrected chi connectivity index (χ4v) is 0.976. The third kappa shape index (κ3) is 3.89.